The van der Waals surface area contributed by atoms with Crippen LogP contribution in [0.25, 0.3) is 0 Å². The van der Waals surface area contributed by atoms with Gasteiger partial charge in [0.05, 0.1) is 11.9 Å². The molecule has 0 bridgehead atoms. The Hall–Kier alpha value is -1.37. The number of hydrogen-bond donors (Lipinski definition) is 0. The first kappa shape index (κ1) is 19.0. The number of hydrogen-bond acceptors (Lipinski definition) is 5. The summed E-state index contributed by atoms with van der Waals surface area (Å²) < 4.78 is 11.6. The fraction of sp³-hybridized carbons (Fsp3) is 0.762. The van der Waals surface area contributed by atoms with Gasteiger partial charge in [0.15, 0.2) is 5.76 Å². The molecule has 150 valence electrons. The van der Waals surface area contributed by atoms with Gasteiger partial charge in [-0.25, -0.2) is 0 Å². The molecule has 6 nitrogen and oxygen atoms in total. The molecule has 0 saturated carbocycles. The van der Waals surface area contributed by atoms with Gasteiger partial charge in [-0.1, -0.05) is 0 Å². The van der Waals surface area contributed by atoms with E-state index in [1.165, 1.54) is 26.2 Å². The molecule has 6 heteroatoms. The van der Waals surface area contributed by atoms with Crippen LogP contribution < -0.4 is 0 Å². The maximum Gasteiger partial charge on any atom is 0.289 e. The van der Waals surface area contributed by atoms with E-state index < -0.39 is 0 Å². The van der Waals surface area contributed by atoms with Gasteiger partial charge in [0, 0.05) is 58.0 Å². The summed E-state index contributed by atoms with van der Waals surface area (Å²) in [6.45, 7) is 11.6. The van der Waals surface area contributed by atoms with Gasteiger partial charge < -0.3 is 14.1 Å². The first-order chi connectivity index (χ1) is 13.1. The second-order valence-electron chi connectivity index (χ2n) is 8.61. The van der Waals surface area contributed by atoms with Crippen LogP contribution in [-0.4, -0.2) is 84.2 Å². The third-order valence-electron chi connectivity index (χ3n) is 6.76. The lowest BCUT2D eigenvalue weighted by molar-refractivity contribution is -0.133. The molecule has 4 heterocycles. The average Bonchev–Trinajstić information content (AvgIpc) is 3.23. The van der Waals surface area contributed by atoms with Crippen molar-refractivity contribution in [3.8, 4) is 0 Å². The minimum absolute atomic E-state index is 0.00650. The lowest BCUT2D eigenvalue weighted by atomic mass is 9.81. The fourth-order valence-corrected chi connectivity index (χ4v) is 4.95. The predicted molar refractivity (Wildman–Crippen MR) is 104 cm³/mol. The van der Waals surface area contributed by atoms with E-state index in [-0.39, 0.29) is 11.5 Å². The monoisotopic (exact) mass is 375 g/mol. The van der Waals surface area contributed by atoms with Gasteiger partial charge in [0.1, 0.15) is 0 Å². The van der Waals surface area contributed by atoms with E-state index in [9.17, 15) is 4.79 Å². The third kappa shape index (κ3) is 4.08. The molecule has 1 amide bonds. The highest BCUT2D eigenvalue weighted by molar-refractivity contribution is 5.91. The second-order valence-corrected chi connectivity index (χ2v) is 8.61. The molecule has 4 rings (SSSR count). The van der Waals surface area contributed by atoms with E-state index >= 15 is 0 Å². The Morgan fingerprint density at radius 1 is 1.15 bits per heavy atom. The maximum absolute atomic E-state index is 12.5. The lowest BCUT2D eigenvalue weighted by Crippen LogP contribution is -2.58. The second kappa shape index (κ2) is 7.94. The maximum atomic E-state index is 12.5. The zero-order chi connectivity index (χ0) is 18.9. The number of ether oxygens (including phenoxy) is 1. The first-order valence-corrected chi connectivity index (χ1v) is 10.5. The number of nitrogens with zero attached hydrogens (tertiary/aromatic N) is 3. The highest BCUT2D eigenvalue weighted by Crippen LogP contribution is 2.37. The Labute approximate surface area is 162 Å². The van der Waals surface area contributed by atoms with Gasteiger partial charge in [-0.2, -0.15) is 0 Å². The van der Waals surface area contributed by atoms with E-state index in [4.69, 9.17) is 9.15 Å². The zero-order valence-corrected chi connectivity index (χ0v) is 16.7. The Bertz CT molecular complexity index is 615. The van der Waals surface area contributed by atoms with Crippen LogP contribution >= 0.6 is 0 Å². The molecule has 3 saturated heterocycles. The number of likely N-dealkylation sites (tertiary alicyclic amines) is 1. The number of amides is 1. The molecule has 3 aliphatic heterocycles. The van der Waals surface area contributed by atoms with Gasteiger partial charge in [0.2, 0.25) is 0 Å². The number of piperidine rings is 1. The smallest absolute Gasteiger partial charge is 0.289 e. The molecule has 0 radical (unpaired) electrons. The highest BCUT2D eigenvalue weighted by Gasteiger charge is 2.43. The molecule has 3 aliphatic rings. The molecule has 0 aromatic carbocycles. The van der Waals surface area contributed by atoms with Crippen LogP contribution in [0, 0.1) is 0 Å². The highest BCUT2D eigenvalue weighted by atomic mass is 16.5. The summed E-state index contributed by atoms with van der Waals surface area (Å²) in [5.41, 5.74) is -0.0436. The summed E-state index contributed by atoms with van der Waals surface area (Å²) in [5, 5.41) is 0. The van der Waals surface area contributed by atoms with Crippen molar-refractivity contribution in [2.75, 3.05) is 45.9 Å². The number of furan rings is 1. The van der Waals surface area contributed by atoms with Gasteiger partial charge in [0.25, 0.3) is 5.91 Å². The van der Waals surface area contributed by atoms with E-state index in [2.05, 4.69) is 23.6 Å². The van der Waals surface area contributed by atoms with Gasteiger partial charge in [-0.3, -0.25) is 14.6 Å². The fourth-order valence-electron chi connectivity index (χ4n) is 4.95. The molecule has 0 aliphatic carbocycles. The molecule has 1 spiro atoms. The standard InChI is InChI=1S/C21H33N3O3/c1-17(2)22-10-12-23(13-11-22)18-5-15-27-21(16-18)6-8-24(9-7-21)20(25)19-4-3-14-26-19/h3-4,14,17-18H,5-13,15-16H2,1-2H3/t18-/m0/s1. The topological polar surface area (TPSA) is 49.2 Å². The summed E-state index contributed by atoms with van der Waals surface area (Å²) in [6, 6.07) is 4.79. The summed E-state index contributed by atoms with van der Waals surface area (Å²) in [7, 11) is 0. The minimum Gasteiger partial charge on any atom is -0.459 e. The summed E-state index contributed by atoms with van der Waals surface area (Å²) in [5.74, 6) is 0.448. The molecule has 0 unspecified atom stereocenters. The van der Waals surface area contributed by atoms with Crippen molar-refractivity contribution in [2.45, 2.75) is 57.2 Å². The van der Waals surface area contributed by atoms with Crippen LogP contribution in [0.4, 0.5) is 0 Å². The first-order valence-electron chi connectivity index (χ1n) is 10.5. The summed E-state index contributed by atoms with van der Waals surface area (Å²) >= 11 is 0. The number of rotatable bonds is 3. The van der Waals surface area contributed by atoms with Crippen molar-refractivity contribution in [3.05, 3.63) is 24.2 Å². The summed E-state index contributed by atoms with van der Waals surface area (Å²) in [4.78, 5) is 19.7. The van der Waals surface area contributed by atoms with Crippen LogP contribution in [0.5, 0.6) is 0 Å². The SMILES string of the molecule is CC(C)N1CCN([C@H]2CCOC3(CCN(C(=O)c4ccco4)CC3)C2)CC1. The van der Waals surface area contributed by atoms with Crippen LogP contribution in [0.15, 0.2) is 22.8 Å². The molecule has 1 atom stereocenters. The molecule has 1 aromatic rings. The van der Waals surface area contributed by atoms with Crippen LogP contribution in [-0.2, 0) is 4.74 Å². The zero-order valence-electron chi connectivity index (χ0n) is 16.7. The minimum atomic E-state index is -0.0436. The largest absolute Gasteiger partial charge is 0.459 e. The molecular formula is C21H33N3O3. The Balaban J connectivity index is 1.32. The van der Waals surface area contributed by atoms with Crippen molar-refractivity contribution in [2.24, 2.45) is 0 Å². The van der Waals surface area contributed by atoms with Crippen molar-refractivity contribution in [1.29, 1.82) is 0 Å². The van der Waals surface area contributed by atoms with Gasteiger partial charge in [-0.05, 0) is 51.7 Å². The molecule has 3 fully saturated rings. The van der Waals surface area contributed by atoms with E-state index in [0.717, 1.165) is 45.4 Å². The lowest BCUT2D eigenvalue weighted by Gasteiger charge is -2.50. The quantitative estimate of drug-likeness (QED) is 0.812. The van der Waals surface area contributed by atoms with E-state index in [1.807, 2.05) is 4.90 Å². The Kier molecular flexibility index (Phi) is 5.58. The Morgan fingerprint density at radius 3 is 2.52 bits per heavy atom. The van der Waals surface area contributed by atoms with Gasteiger partial charge >= 0.3 is 0 Å². The predicted octanol–water partition coefficient (Wildman–Crippen LogP) is 2.46. The normalized spacial score (nSPS) is 27.4. The van der Waals surface area contributed by atoms with Crippen LogP contribution in [0.1, 0.15) is 50.1 Å². The van der Waals surface area contributed by atoms with Crippen molar-refractivity contribution in [3.63, 3.8) is 0 Å². The van der Waals surface area contributed by atoms with Crippen LogP contribution in [0.3, 0.4) is 0 Å². The molecular weight excluding hydrogens is 342 g/mol. The van der Waals surface area contributed by atoms with E-state index in [0.29, 0.717) is 17.8 Å². The number of piperazine rings is 1. The third-order valence-corrected chi connectivity index (χ3v) is 6.76. The summed E-state index contributed by atoms with van der Waals surface area (Å²) in [6.07, 6.45) is 5.67. The molecule has 1 aromatic heterocycles. The van der Waals surface area contributed by atoms with Gasteiger partial charge in [-0.15, -0.1) is 0 Å². The average molecular weight is 376 g/mol. The number of carbonyl (C=O) groups excluding carboxylic acids is 1. The van der Waals surface area contributed by atoms with Crippen LogP contribution in [0.2, 0.25) is 0 Å². The van der Waals surface area contributed by atoms with Crippen molar-refractivity contribution < 1.29 is 13.9 Å². The Morgan fingerprint density at radius 2 is 1.89 bits per heavy atom. The van der Waals surface area contributed by atoms with Crippen molar-refractivity contribution >= 4 is 5.91 Å². The van der Waals surface area contributed by atoms with E-state index in [1.54, 1.807) is 18.4 Å². The van der Waals surface area contributed by atoms with Crippen molar-refractivity contribution in [1.82, 2.24) is 14.7 Å². The molecule has 0 N–H and O–H groups in total. The molecule has 27 heavy (non-hydrogen) atoms. The number of carbonyl (C=O) groups is 1.